The summed E-state index contributed by atoms with van der Waals surface area (Å²) in [6.45, 7) is 1.92. The van der Waals surface area contributed by atoms with E-state index in [1.54, 1.807) is 24.3 Å². The Labute approximate surface area is 117 Å². The first-order valence-electron chi connectivity index (χ1n) is 5.50. The summed E-state index contributed by atoms with van der Waals surface area (Å²) in [5.74, 6) is 0.186. The van der Waals surface area contributed by atoms with E-state index in [1.165, 1.54) is 6.07 Å². The molecule has 1 heterocycles. The number of hydrogen-bond acceptors (Lipinski definition) is 4. The molecule has 0 N–H and O–H groups in total. The lowest BCUT2D eigenvalue weighted by atomic mass is 10.2. The summed E-state index contributed by atoms with van der Waals surface area (Å²) < 4.78 is 10.1. The van der Waals surface area contributed by atoms with E-state index in [1.807, 2.05) is 29.5 Å². The van der Waals surface area contributed by atoms with Crippen LogP contribution in [-0.4, -0.2) is 9.89 Å². The molecule has 0 spiro atoms. The van der Waals surface area contributed by atoms with Crippen molar-refractivity contribution in [2.75, 3.05) is 0 Å². The van der Waals surface area contributed by atoms with Gasteiger partial charge in [0.15, 0.2) is 0 Å². The van der Waals surface area contributed by atoms with Gasteiger partial charge in [-0.2, -0.15) is 0 Å². The molecule has 4 nitrogen and oxygen atoms in total. The van der Waals surface area contributed by atoms with Gasteiger partial charge >= 0.3 is 11.6 Å². The summed E-state index contributed by atoms with van der Waals surface area (Å²) in [5, 5.41) is 0.724. The Hall–Kier alpha value is -1.37. The van der Waals surface area contributed by atoms with Gasteiger partial charge < -0.3 is 9.15 Å². The second-order valence-electron chi connectivity index (χ2n) is 3.75. The first-order chi connectivity index (χ1) is 8.60. The van der Waals surface area contributed by atoms with Gasteiger partial charge in [-0.1, -0.05) is 29.5 Å². The molecular weight excluding hydrogens is 347 g/mol. The van der Waals surface area contributed by atoms with E-state index in [9.17, 15) is 9.59 Å². The van der Waals surface area contributed by atoms with Crippen molar-refractivity contribution in [1.29, 1.82) is 0 Å². The van der Waals surface area contributed by atoms with Gasteiger partial charge in [0, 0.05) is 11.5 Å². The Balaban J connectivity index is 2.28. The fraction of sp³-hybridized carbons (Fsp3) is 0.231. The predicted molar refractivity (Wildman–Crippen MR) is 76.2 cm³/mol. The number of carbonyl (C=O) groups is 1. The maximum Gasteiger partial charge on any atom is 0.336 e. The van der Waals surface area contributed by atoms with Crippen LogP contribution in [0.2, 0.25) is 0 Å². The van der Waals surface area contributed by atoms with Gasteiger partial charge in [0.1, 0.15) is 15.3 Å². The summed E-state index contributed by atoms with van der Waals surface area (Å²) in [5.41, 5.74) is 0.0781. The van der Waals surface area contributed by atoms with E-state index >= 15 is 0 Å². The quantitative estimate of drug-likeness (QED) is 0.278. The standard InChI is InChI=1S/C13H11IO4/c1-2-10(14)13(16)17-9-4-5-11-8(7-9)3-6-12(15)18-11/h3-7,10H,2H2,1H3. The molecule has 0 amide bonds. The Morgan fingerprint density at radius 1 is 1.39 bits per heavy atom. The van der Waals surface area contributed by atoms with E-state index in [2.05, 4.69) is 0 Å². The van der Waals surface area contributed by atoms with Gasteiger partial charge in [0.25, 0.3) is 0 Å². The van der Waals surface area contributed by atoms with Crippen LogP contribution in [0.1, 0.15) is 13.3 Å². The van der Waals surface area contributed by atoms with E-state index in [0.717, 1.165) is 11.8 Å². The zero-order valence-electron chi connectivity index (χ0n) is 9.68. The Morgan fingerprint density at radius 2 is 2.17 bits per heavy atom. The first-order valence-corrected chi connectivity index (χ1v) is 6.74. The van der Waals surface area contributed by atoms with Crippen molar-refractivity contribution in [3.63, 3.8) is 0 Å². The van der Waals surface area contributed by atoms with Crippen molar-refractivity contribution in [3.8, 4) is 5.75 Å². The molecule has 0 saturated carbocycles. The topological polar surface area (TPSA) is 56.5 Å². The summed E-state index contributed by atoms with van der Waals surface area (Å²) in [4.78, 5) is 22.7. The lowest BCUT2D eigenvalue weighted by Gasteiger charge is -2.08. The van der Waals surface area contributed by atoms with Gasteiger partial charge in [-0.3, -0.25) is 4.79 Å². The third-order valence-corrected chi connectivity index (χ3v) is 3.81. The molecule has 1 aromatic heterocycles. The molecule has 1 unspecified atom stereocenters. The van der Waals surface area contributed by atoms with Crippen LogP contribution in [0.5, 0.6) is 5.75 Å². The van der Waals surface area contributed by atoms with Gasteiger partial charge in [0.2, 0.25) is 0 Å². The smallest absolute Gasteiger partial charge is 0.336 e. The number of alkyl halides is 1. The molecule has 1 aromatic carbocycles. The molecule has 94 valence electrons. The average molecular weight is 358 g/mol. The molecule has 0 saturated heterocycles. The first kappa shape index (κ1) is 13.1. The number of fused-ring (bicyclic) bond motifs is 1. The van der Waals surface area contributed by atoms with E-state index in [0.29, 0.717) is 11.3 Å². The van der Waals surface area contributed by atoms with E-state index in [4.69, 9.17) is 9.15 Å². The number of carbonyl (C=O) groups excluding carboxylic acids is 1. The van der Waals surface area contributed by atoms with Crippen LogP contribution in [-0.2, 0) is 4.79 Å². The van der Waals surface area contributed by atoms with Crippen LogP contribution in [0.25, 0.3) is 11.0 Å². The zero-order chi connectivity index (χ0) is 13.1. The van der Waals surface area contributed by atoms with Crippen LogP contribution in [0.3, 0.4) is 0 Å². The highest BCUT2D eigenvalue weighted by Gasteiger charge is 2.14. The van der Waals surface area contributed by atoms with Gasteiger partial charge in [0.05, 0.1) is 0 Å². The number of hydrogen-bond donors (Lipinski definition) is 0. The zero-order valence-corrected chi connectivity index (χ0v) is 11.8. The summed E-state index contributed by atoms with van der Waals surface area (Å²) >= 11 is 2.05. The summed E-state index contributed by atoms with van der Waals surface area (Å²) in [6, 6.07) is 7.88. The van der Waals surface area contributed by atoms with Gasteiger partial charge in [-0.15, -0.1) is 0 Å². The molecule has 0 aliphatic carbocycles. The average Bonchev–Trinajstić information content (AvgIpc) is 2.38. The van der Waals surface area contributed by atoms with Crippen LogP contribution >= 0.6 is 22.6 Å². The second-order valence-corrected chi connectivity index (χ2v) is 5.25. The number of ether oxygens (including phenoxy) is 1. The molecular formula is C13H11IO4. The van der Waals surface area contributed by atoms with Crippen LogP contribution in [0.15, 0.2) is 39.5 Å². The molecule has 0 bridgehead atoms. The van der Waals surface area contributed by atoms with Crippen LogP contribution in [0, 0.1) is 0 Å². The summed E-state index contributed by atoms with van der Waals surface area (Å²) in [6.07, 6.45) is 0.724. The van der Waals surface area contributed by atoms with Gasteiger partial charge in [-0.05, 0) is 30.7 Å². The lowest BCUT2D eigenvalue weighted by Crippen LogP contribution is -2.19. The SMILES string of the molecule is CCC(I)C(=O)Oc1ccc2oc(=O)ccc2c1. The third-order valence-electron chi connectivity index (χ3n) is 2.42. The number of esters is 1. The highest BCUT2D eigenvalue weighted by Crippen LogP contribution is 2.21. The highest BCUT2D eigenvalue weighted by molar-refractivity contribution is 14.1. The maximum absolute atomic E-state index is 11.6. The fourth-order valence-electron chi connectivity index (χ4n) is 1.46. The molecule has 1 atom stereocenters. The van der Waals surface area contributed by atoms with Crippen molar-refractivity contribution >= 4 is 39.5 Å². The molecule has 5 heteroatoms. The molecule has 2 aromatic rings. The maximum atomic E-state index is 11.6. The van der Waals surface area contributed by atoms with Crippen molar-refractivity contribution < 1.29 is 13.9 Å². The lowest BCUT2D eigenvalue weighted by molar-refractivity contribution is -0.133. The largest absolute Gasteiger partial charge is 0.426 e. The van der Waals surface area contributed by atoms with Crippen LogP contribution < -0.4 is 10.4 Å². The molecule has 0 aliphatic heterocycles. The number of benzene rings is 1. The Kier molecular flexibility index (Phi) is 4.00. The molecule has 0 fully saturated rings. The third kappa shape index (κ3) is 2.90. The second kappa shape index (κ2) is 5.51. The fourth-order valence-corrected chi connectivity index (χ4v) is 1.59. The van der Waals surface area contributed by atoms with E-state index in [-0.39, 0.29) is 9.89 Å². The van der Waals surface area contributed by atoms with Gasteiger partial charge in [-0.25, -0.2) is 4.79 Å². The van der Waals surface area contributed by atoms with Crippen molar-refractivity contribution in [2.45, 2.75) is 17.3 Å². The summed E-state index contributed by atoms with van der Waals surface area (Å²) in [7, 11) is 0. The van der Waals surface area contributed by atoms with Crippen LogP contribution in [0.4, 0.5) is 0 Å². The van der Waals surface area contributed by atoms with E-state index < -0.39 is 5.63 Å². The van der Waals surface area contributed by atoms with Crippen molar-refractivity contribution in [2.24, 2.45) is 0 Å². The minimum absolute atomic E-state index is 0.160. The molecule has 0 aliphatic rings. The minimum atomic E-state index is -0.398. The van der Waals surface area contributed by atoms with Crippen molar-refractivity contribution in [3.05, 3.63) is 40.8 Å². The predicted octanol–water partition coefficient (Wildman–Crippen LogP) is 2.91. The molecule has 2 rings (SSSR count). The molecule has 18 heavy (non-hydrogen) atoms. The minimum Gasteiger partial charge on any atom is -0.426 e. The monoisotopic (exact) mass is 358 g/mol. The number of rotatable bonds is 3. The Bertz CT molecular complexity index is 632. The Morgan fingerprint density at radius 3 is 2.89 bits per heavy atom. The normalized spacial score (nSPS) is 12.3. The number of halogens is 1. The van der Waals surface area contributed by atoms with Crippen molar-refractivity contribution in [1.82, 2.24) is 0 Å². The highest BCUT2D eigenvalue weighted by atomic mass is 127. The molecule has 0 radical (unpaired) electrons.